The first-order chi connectivity index (χ1) is 8.47. The van der Waals surface area contributed by atoms with Crippen molar-refractivity contribution in [3.05, 3.63) is 29.8 Å². The van der Waals surface area contributed by atoms with E-state index in [1.165, 1.54) is 4.31 Å². The average molecular weight is 270 g/mol. The second-order valence-electron chi connectivity index (χ2n) is 4.63. The predicted molar refractivity (Wildman–Crippen MR) is 70.3 cm³/mol. The van der Waals surface area contributed by atoms with Crippen LogP contribution in [0.15, 0.2) is 24.3 Å². The Morgan fingerprint density at radius 3 is 2.61 bits per heavy atom. The van der Waals surface area contributed by atoms with Gasteiger partial charge in [0.05, 0.1) is 11.9 Å². The van der Waals surface area contributed by atoms with Gasteiger partial charge in [-0.3, -0.25) is 0 Å². The number of nitrogen functional groups attached to an aromatic ring is 1. The van der Waals surface area contributed by atoms with Gasteiger partial charge in [0, 0.05) is 18.8 Å². The molecule has 0 amide bonds. The lowest BCUT2D eigenvalue weighted by Crippen LogP contribution is -2.40. The highest BCUT2D eigenvalue weighted by Crippen LogP contribution is 2.18. The van der Waals surface area contributed by atoms with Crippen molar-refractivity contribution in [1.82, 2.24) is 4.31 Å². The Balaban J connectivity index is 2.08. The van der Waals surface area contributed by atoms with E-state index < -0.39 is 10.0 Å². The smallest absolute Gasteiger partial charge is 0.218 e. The number of nitrogens with two attached hydrogens (primary N) is 1. The van der Waals surface area contributed by atoms with Crippen LogP contribution in [0.4, 0.5) is 5.69 Å². The molecular formula is C12H18N2O3S. The maximum Gasteiger partial charge on any atom is 0.218 e. The van der Waals surface area contributed by atoms with Crippen molar-refractivity contribution < 1.29 is 13.5 Å². The van der Waals surface area contributed by atoms with Gasteiger partial charge in [0.1, 0.15) is 0 Å². The fourth-order valence-corrected chi connectivity index (χ4v) is 3.66. The van der Waals surface area contributed by atoms with Crippen molar-refractivity contribution in [3.8, 4) is 0 Å². The van der Waals surface area contributed by atoms with Crippen LogP contribution in [0.5, 0.6) is 0 Å². The van der Waals surface area contributed by atoms with E-state index in [1.807, 2.05) is 0 Å². The zero-order chi connectivity index (χ0) is 13.2. The topological polar surface area (TPSA) is 83.6 Å². The average Bonchev–Trinajstić information content (AvgIpc) is 2.29. The predicted octanol–water partition coefficient (Wildman–Crippen LogP) is 0.555. The second kappa shape index (κ2) is 5.26. The van der Waals surface area contributed by atoms with Crippen molar-refractivity contribution in [2.45, 2.75) is 24.7 Å². The van der Waals surface area contributed by atoms with Gasteiger partial charge in [-0.2, -0.15) is 0 Å². The minimum absolute atomic E-state index is 0.0336. The summed E-state index contributed by atoms with van der Waals surface area (Å²) in [4.78, 5) is 0. The minimum Gasteiger partial charge on any atom is -0.399 e. The fraction of sp³-hybridized carbons (Fsp3) is 0.500. The molecule has 0 atom stereocenters. The molecule has 0 spiro atoms. The van der Waals surface area contributed by atoms with E-state index in [9.17, 15) is 13.5 Å². The summed E-state index contributed by atoms with van der Waals surface area (Å²) in [6.45, 7) is 0.789. The SMILES string of the molecule is Nc1cccc(CS(=O)(=O)N2CCC(O)CC2)c1. The van der Waals surface area contributed by atoms with Crippen molar-refractivity contribution in [1.29, 1.82) is 0 Å². The van der Waals surface area contributed by atoms with Crippen LogP contribution in [0, 0.1) is 0 Å². The van der Waals surface area contributed by atoms with Crippen molar-refractivity contribution in [2.24, 2.45) is 0 Å². The van der Waals surface area contributed by atoms with Gasteiger partial charge in [0.2, 0.25) is 10.0 Å². The molecule has 0 saturated carbocycles. The Kier molecular flexibility index (Phi) is 3.89. The zero-order valence-electron chi connectivity index (χ0n) is 10.1. The fourth-order valence-electron chi connectivity index (χ4n) is 2.11. The molecule has 0 radical (unpaired) electrons. The Labute approximate surface area is 107 Å². The first kappa shape index (κ1) is 13.3. The number of aliphatic hydroxyl groups is 1. The number of rotatable bonds is 3. The molecule has 18 heavy (non-hydrogen) atoms. The van der Waals surface area contributed by atoms with E-state index in [0.29, 0.717) is 37.2 Å². The minimum atomic E-state index is -3.31. The maximum absolute atomic E-state index is 12.2. The van der Waals surface area contributed by atoms with Crippen molar-refractivity contribution in [3.63, 3.8) is 0 Å². The van der Waals surface area contributed by atoms with Gasteiger partial charge in [-0.15, -0.1) is 0 Å². The first-order valence-corrected chi connectivity index (χ1v) is 7.58. The van der Waals surface area contributed by atoms with Crippen molar-refractivity contribution in [2.75, 3.05) is 18.8 Å². The molecule has 1 aliphatic heterocycles. The van der Waals surface area contributed by atoms with Gasteiger partial charge in [0.15, 0.2) is 0 Å². The molecule has 6 heteroatoms. The summed E-state index contributed by atoms with van der Waals surface area (Å²) in [5, 5.41) is 9.38. The van der Waals surface area contributed by atoms with Crippen LogP contribution in [0.2, 0.25) is 0 Å². The summed E-state index contributed by atoms with van der Waals surface area (Å²) >= 11 is 0. The molecule has 0 unspecified atom stereocenters. The van der Waals surface area contributed by atoms with E-state index in [1.54, 1.807) is 24.3 Å². The summed E-state index contributed by atoms with van der Waals surface area (Å²) in [5.74, 6) is -0.0336. The van der Waals surface area contributed by atoms with Gasteiger partial charge in [-0.05, 0) is 30.5 Å². The first-order valence-electron chi connectivity index (χ1n) is 5.98. The van der Waals surface area contributed by atoms with Crippen LogP contribution in [0.25, 0.3) is 0 Å². The summed E-state index contributed by atoms with van der Waals surface area (Å²) in [7, 11) is -3.31. The van der Waals surface area contributed by atoms with Gasteiger partial charge in [-0.25, -0.2) is 12.7 Å². The maximum atomic E-state index is 12.2. The molecule has 3 N–H and O–H groups in total. The van der Waals surface area contributed by atoms with Crippen LogP contribution in [0.3, 0.4) is 0 Å². The van der Waals surface area contributed by atoms with E-state index in [0.717, 1.165) is 0 Å². The number of piperidine rings is 1. The molecule has 1 heterocycles. The molecule has 0 aliphatic carbocycles. The number of benzene rings is 1. The van der Waals surface area contributed by atoms with Gasteiger partial charge >= 0.3 is 0 Å². The quantitative estimate of drug-likeness (QED) is 0.786. The van der Waals surface area contributed by atoms with E-state index in [4.69, 9.17) is 5.73 Å². The molecule has 0 bridgehead atoms. The van der Waals surface area contributed by atoms with Gasteiger partial charge < -0.3 is 10.8 Å². The van der Waals surface area contributed by atoms with Gasteiger partial charge in [-0.1, -0.05) is 12.1 Å². The van der Waals surface area contributed by atoms with Crippen LogP contribution < -0.4 is 5.73 Å². The lowest BCUT2D eigenvalue weighted by atomic mass is 10.1. The largest absolute Gasteiger partial charge is 0.399 e. The third-order valence-corrected chi connectivity index (χ3v) is 4.97. The van der Waals surface area contributed by atoms with E-state index in [-0.39, 0.29) is 11.9 Å². The number of nitrogens with zero attached hydrogens (tertiary/aromatic N) is 1. The molecule has 100 valence electrons. The number of sulfonamides is 1. The Bertz CT molecular complexity index is 508. The highest BCUT2D eigenvalue weighted by atomic mass is 32.2. The summed E-state index contributed by atoms with van der Waals surface area (Å²) < 4.78 is 25.8. The number of hydrogen-bond acceptors (Lipinski definition) is 4. The molecule has 1 aliphatic rings. The van der Waals surface area contributed by atoms with Crippen molar-refractivity contribution >= 4 is 15.7 Å². The lowest BCUT2D eigenvalue weighted by molar-refractivity contribution is 0.113. The molecule has 1 saturated heterocycles. The lowest BCUT2D eigenvalue weighted by Gasteiger charge is -2.28. The Morgan fingerprint density at radius 1 is 1.33 bits per heavy atom. The third kappa shape index (κ3) is 3.22. The Morgan fingerprint density at radius 2 is 2.00 bits per heavy atom. The Hall–Kier alpha value is -1.11. The number of anilines is 1. The summed E-state index contributed by atoms with van der Waals surface area (Å²) in [6, 6.07) is 6.91. The molecular weight excluding hydrogens is 252 g/mol. The highest BCUT2D eigenvalue weighted by molar-refractivity contribution is 7.88. The van der Waals surface area contributed by atoms with Crippen LogP contribution in [-0.2, 0) is 15.8 Å². The molecule has 1 aromatic carbocycles. The molecule has 5 nitrogen and oxygen atoms in total. The second-order valence-corrected chi connectivity index (χ2v) is 6.60. The van der Waals surface area contributed by atoms with Crippen LogP contribution in [0.1, 0.15) is 18.4 Å². The summed E-state index contributed by atoms with van der Waals surface area (Å²) in [5.41, 5.74) is 6.89. The van der Waals surface area contributed by atoms with E-state index >= 15 is 0 Å². The highest BCUT2D eigenvalue weighted by Gasteiger charge is 2.27. The number of aliphatic hydroxyl groups excluding tert-OH is 1. The van der Waals surface area contributed by atoms with Crippen LogP contribution >= 0.6 is 0 Å². The molecule has 1 fully saturated rings. The summed E-state index contributed by atoms with van der Waals surface area (Å²) in [6.07, 6.45) is 0.649. The zero-order valence-corrected chi connectivity index (χ0v) is 10.9. The monoisotopic (exact) mass is 270 g/mol. The third-order valence-electron chi connectivity index (χ3n) is 3.12. The normalized spacial score (nSPS) is 18.9. The van der Waals surface area contributed by atoms with E-state index in [2.05, 4.69) is 0 Å². The molecule has 1 aromatic rings. The number of hydrogen-bond donors (Lipinski definition) is 2. The molecule has 2 rings (SSSR count). The van der Waals surface area contributed by atoms with Gasteiger partial charge in [0.25, 0.3) is 0 Å². The van der Waals surface area contributed by atoms with Crippen LogP contribution in [-0.4, -0.2) is 37.0 Å². The standard InChI is InChI=1S/C12H18N2O3S/c13-11-3-1-2-10(8-11)9-18(16,17)14-6-4-12(15)5-7-14/h1-3,8,12,15H,4-7,9,13H2. The molecule has 0 aromatic heterocycles.